The van der Waals surface area contributed by atoms with Gasteiger partial charge in [0, 0.05) is 0 Å². The Labute approximate surface area is 146 Å². The zero-order chi connectivity index (χ0) is 14.0. The van der Waals surface area contributed by atoms with Crippen LogP contribution in [0.2, 0.25) is 0 Å². The number of rotatable bonds is 4. The molecule has 0 aromatic carbocycles. The van der Waals surface area contributed by atoms with Crippen molar-refractivity contribution in [2.75, 3.05) is 0 Å². The van der Waals surface area contributed by atoms with Crippen molar-refractivity contribution in [3.05, 3.63) is 22.8 Å². The van der Waals surface area contributed by atoms with E-state index >= 15 is 0 Å². The Morgan fingerprint density at radius 1 is 0.684 bits per heavy atom. The first-order valence-corrected chi connectivity index (χ1v) is 4.11. The summed E-state index contributed by atoms with van der Waals surface area (Å²) in [5.74, 6) is -8.53. The second-order valence-corrected chi connectivity index (χ2v) is 2.84. The van der Waals surface area contributed by atoms with E-state index in [-0.39, 0.29) is 51.4 Å². The van der Waals surface area contributed by atoms with Gasteiger partial charge in [-0.05, 0) is 0 Å². The fourth-order valence-corrected chi connectivity index (χ4v) is 1.07. The summed E-state index contributed by atoms with van der Waals surface area (Å²) in [6.07, 6.45) is 0. The van der Waals surface area contributed by atoms with Crippen LogP contribution in [-0.4, -0.2) is 106 Å². The number of hydrogen-bond donors (Lipinski definition) is 4. The zero-order valence-corrected chi connectivity index (χ0v) is 8.32. The predicted octanol–water partition coefficient (Wildman–Crippen LogP) is -1.38. The predicted molar refractivity (Wildman–Crippen MR) is 57.0 cm³/mol. The summed E-state index contributed by atoms with van der Waals surface area (Å²) in [4.78, 5) is 48.8. The van der Waals surface area contributed by atoms with Crippen LogP contribution in [0.5, 0.6) is 0 Å². The number of aromatic carboxylic acids is 4. The Morgan fingerprint density at radius 3 is 1.26 bits per heavy atom. The Morgan fingerprint density at radius 2 is 1.05 bits per heavy atom. The van der Waals surface area contributed by atoms with Gasteiger partial charge in [0.05, 0.1) is 0 Å². The van der Waals surface area contributed by atoms with Crippen LogP contribution >= 0.6 is 0 Å². The van der Waals surface area contributed by atoms with Gasteiger partial charge in [-0.2, -0.15) is 0 Å². The summed E-state index contributed by atoms with van der Waals surface area (Å²) in [5, 5.41) is 34.7. The van der Waals surface area contributed by atoms with Gasteiger partial charge in [0.1, 0.15) is 5.56 Å². The third-order valence-electron chi connectivity index (χ3n) is 1.72. The number of carboxylic acids is 4. The molecule has 11 heteroatoms. The van der Waals surface area contributed by atoms with E-state index in [1.165, 1.54) is 0 Å². The van der Waals surface area contributed by atoms with Gasteiger partial charge in [-0.15, -0.1) is 0 Å². The summed E-state index contributed by atoms with van der Waals surface area (Å²) >= 11 is 0. The van der Waals surface area contributed by atoms with Crippen LogP contribution in [0, 0.1) is 0 Å². The van der Waals surface area contributed by atoms with Crippen molar-refractivity contribution in [3.8, 4) is 0 Å². The number of carbonyl (C=O) groups is 4. The maximum absolute atomic E-state index is 10.8. The molecule has 1 rings (SSSR count). The normalized spacial score (nSPS) is 9.26. The molecule has 19 heavy (non-hydrogen) atoms. The van der Waals surface area contributed by atoms with Crippen molar-refractivity contribution in [1.82, 2.24) is 9.97 Å². The molecule has 0 bridgehead atoms. The van der Waals surface area contributed by atoms with E-state index in [1.807, 2.05) is 0 Å². The average Bonchev–Trinajstić information content (AvgIpc) is 2.26. The molecule has 0 aliphatic carbocycles. The average molecular weight is 296 g/mol. The first-order valence-electron chi connectivity index (χ1n) is 4.11. The Kier molecular flexibility index (Phi) is 6.18. The number of aromatic nitrogens is 2. The second kappa shape index (κ2) is 6.67. The van der Waals surface area contributed by atoms with Crippen LogP contribution in [0.15, 0.2) is 0 Å². The quantitative estimate of drug-likeness (QED) is 0.484. The first-order chi connectivity index (χ1) is 8.25. The van der Waals surface area contributed by atoms with Crippen molar-refractivity contribution >= 4 is 75.3 Å². The molecule has 1 aromatic heterocycles. The molecule has 0 atom stereocenters. The molecule has 0 spiro atoms. The Balaban J connectivity index is 0.00000324. The molecule has 0 saturated carbocycles. The SMILES string of the molecule is O=C(O)c1nc(C(=O)O)c(C(=O)O)c(C(=O)O)n1.[KH]. The number of nitrogens with zero attached hydrogens (tertiary/aromatic N) is 2. The van der Waals surface area contributed by atoms with E-state index in [0.29, 0.717) is 0 Å². The molecule has 1 heterocycles. The first kappa shape index (κ1) is 17.6. The Hall–Kier alpha value is -1.40. The van der Waals surface area contributed by atoms with Gasteiger partial charge in [0.25, 0.3) is 0 Å². The molecule has 0 fully saturated rings. The minimum atomic E-state index is -1.89. The minimum absolute atomic E-state index is 0. The van der Waals surface area contributed by atoms with Crippen molar-refractivity contribution in [2.45, 2.75) is 0 Å². The third kappa shape index (κ3) is 3.78. The van der Waals surface area contributed by atoms with Crippen molar-refractivity contribution in [3.63, 3.8) is 0 Å². The number of carboxylic acid groups (broad SMARTS) is 4. The van der Waals surface area contributed by atoms with Gasteiger partial charge in [0.2, 0.25) is 5.82 Å². The zero-order valence-electron chi connectivity index (χ0n) is 8.32. The van der Waals surface area contributed by atoms with Crippen LogP contribution in [0.4, 0.5) is 0 Å². The molecular formula is C8H5KN2O8. The van der Waals surface area contributed by atoms with E-state index in [2.05, 4.69) is 9.97 Å². The monoisotopic (exact) mass is 296 g/mol. The molecular weight excluding hydrogens is 291 g/mol. The molecule has 0 radical (unpaired) electrons. The fraction of sp³-hybridized carbons (Fsp3) is 0. The summed E-state index contributed by atoms with van der Waals surface area (Å²) in [7, 11) is 0. The molecule has 0 aliphatic rings. The summed E-state index contributed by atoms with van der Waals surface area (Å²) < 4.78 is 0. The van der Waals surface area contributed by atoms with E-state index in [0.717, 1.165) is 0 Å². The molecule has 96 valence electrons. The molecule has 1 aromatic rings. The van der Waals surface area contributed by atoms with E-state index in [4.69, 9.17) is 20.4 Å². The van der Waals surface area contributed by atoms with Gasteiger partial charge < -0.3 is 20.4 Å². The third-order valence-corrected chi connectivity index (χ3v) is 1.72. The van der Waals surface area contributed by atoms with E-state index in [9.17, 15) is 19.2 Å². The van der Waals surface area contributed by atoms with Gasteiger partial charge in [-0.1, -0.05) is 0 Å². The molecule has 10 nitrogen and oxygen atoms in total. The van der Waals surface area contributed by atoms with Gasteiger partial charge in [-0.3, -0.25) is 0 Å². The number of hydrogen-bond acceptors (Lipinski definition) is 6. The van der Waals surface area contributed by atoms with E-state index < -0.39 is 46.7 Å². The van der Waals surface area contributed by atoms with Gasteiger partial charge in [-0.25, -0.2) is 29.1 Å². The molecule has 0 saturated heterocycles. The topological polar surface area (TPSA) is 175 Å². The van der Waals surface area contributed by atoms with Crippen LogP contribution in [0.25, 0.3) is 0 Å². The van der Waals surface area contributed by atoms with Crippen LogP contribution in [0.3, 0.4) is 0 Å². The van der Waals surface area contributed by atoms with Crippen molar-refractivity contribution in [1.29, 1.82) is 0 Å². The van der Waals surface area contributed by atoms with Crippen molar-refractivity contribution in [2.24, 2.45) is 0 Å². The molecule has 0 amide bonds. The summed E-state index contributed by atoms with van der Waals surface area (Å²) in [6, 6.07) is 0. The summed E-state index contributed by atoms with van der Waals surface area (Å²) in [5.41, 5.74) is -3.58. The summed E-state index contributed by atoms with van der Waals surface area (Å²) in [6.45, 7) is 0. The van der Waals surface area contributed by atoms with Crippen LogP contribution < -0.4 is 0 Å². The molecule has 0 aliphatic heterocycles. The van der Waals surface area contributed by atoms with Crippen molar-refractivity contribution < 1.29 is 39.6 Å². The second-order valence-electron chi connectivity index (χ2n) is 2.84. The molecule has 0 unspecified atom stereocenters. The standard InChI is InChI=1S/C8H4N2O8.K.H/c11-5(12)1-2(6(13)14)9-4(8(17)18)10-3(1)7(15)16;;/h(H,11,12)(H,13,14)(H,15,16)(H,17,18);;. The maximum atomic E-state index is 10.8. The Bertz CT molecular complexity index is 549. The van der Waals surface area contributed by atoms with Gasteiger partial charge >= 0.3 is 75.3 Å². The van der Waals surface area contributed by atoms with Crippen LogP contribution in [0.1, 0.15) is 42.0 Å². The van der Waals surface area contributed by atoms with Crippen LogP contribution in [-0.2, 0) is 0 Å². The fourth-order valence-electron chi connectivity index (χ4n) is 1.07. The van der Waals surface area contributed by atoms with Gasteiger partial charge in [0.15, 0.2) is 11.4 Å². The molecule has 4 N–H and O–H groups in total. The van der Waals surface area contributed by atoms with E-state index in [1.54, 1.807) is 0 Å².